The molecule has 1 aromatic carbocycles. The van der Waals surface area contributed by atoms with Crippen LogP contribution in [0.25, 0.3) is 11.1 Å². The molecule has 3 aromatic rings. The molecule has 4 heterocycles. The number of anilines is 2. The van der Waals surface area contributed by atoms with Crippen molar-refractivity contribution in [2.75, 3.05) is 30.8 Å². The summed E-state index contributed by atoms with van der Waals surface area (Å²) in [6.07, 6.45) is 4.49. The number of likely N-dealkylation sites (tertiary alicyclic amines) is 1. The molecule has 0 spiro atoms. The van der Waals surface area contributed by atoms with Crippen molar-refractivity contribution >= 4 is 38.5 Å². The first-order chi connectivity index (χ1) is 16.2. The van der Waals surface area contributed by atoms with Crippen LogP contribution in [0.1, 0.15) is 43.9 Å². The van der Waals surface area contributed by atoms with Gasteiger partial charge in [0, 0.05) is 37.5 Å². The smallest absolute Gasteiger partial charge is 0.410 e. The van der Waals surface area contributed by atoms with E-state index < -0.39 is 9.84 Å². The third kappa shape index (κ3) is 4.08. The number of benzene rings is 1. The molecule has 5 rings (SSSR count). The fourth-order valence-corrected chi connectivity index (χ4v) is 5.34. The molecule has 0 N–H and O–H groups in total. The van der Waals surface area contributed by atoms with Gasteiger partial charge in [0.05, 0.1) is 11.0 Å². The molecule has 0 unspecified atom stereocenters. The van der Waals surface area contributed by atoms with E-state index in [1.165, 1.54) is 12.6 Å². The lowest BCUT2D eigenvalue weighted by atomic mass is 9.93. The third-order valence-corrected chi connectivity index (χ3v) is 7.48. The zero-order valence-electron chi connectivity index (χ0n) is 19.4. The van der Waals surface area contributed by atoms with Crippen molar-refractivity contribution < 1.29 is 22.5 Å². The van der Waals surface area contributed by atoms with Crippen molar-refractivity contribution in [3.8, 4) is 0 Å². The van der Waals surface area contributed by atoms with E-state index >= 15 is 0 Å². The van der Waals surface area contributed by atoms with Crippen molar-refractivity contribution in [3.63, 3.8) is 0 Å². The Bertz CT molecular complexity index is 1350. The summed E-state index contributed by atoms with van der Waals surface area (Å²) in [5.74, 6) is 0.739. The van der Waals surface area contributed by atoms with Crippen LogP contribution in [-0.2, 0) is 21.0 Å². The summed E-state index contributed by atoms with van der Waals surface area (Å²) in [4.78, 5) is 25.2. The van der Waals surface area contributed by atoms with Crippen molar-refractivity contribution in [1.82, 2.24) is 20.0 Å². The maximum atomic E-state index is 12.2. The van der Waals surface area contributed by atoms with Gasteiger partial charge in [-0.1, -0.05) is 5.16 Å². The number of hydrogen-bond donors (Lipinski definition) is 0. The van der Waals surface area contributed by atoms with Crippen LogP contribution in [0.15, 0.2) is 33.9 Å². The molecule has 0 atom stereocenters. The van der Waals surface area contributed by atoms with Crippen LogP contribution in [0.4, 0.5) is 16.3 Å². The van der Waals surface area contributed by atoms with Gasteiger partial charge >= 0.3 is 6.09 Å². The lowest BCUT2D eigenvalue weighted by molar-refractivity contribution is 0.0689. The number of nitrogens with zero attached hydrogens (tertiary/aromatic N) is 5. The summed E-state index contributed by atoms with van der Waals surface area (Å²) in [5.41, 5.74) is 3.83. The Morgan fingerprint density at radius 1 is 1.18 bits per heavy atom. The van der Waals surface area contributed by atoms with E-state index in [1.54, 1.807) is 17.0 Å². The van der Waals surface area contributed by atoms with Crippen LogP contribution in [0, 0.1) is 0 Å². The van der Waals surface area contributed by atoms with Crippen LogP contribution in [-0.4, -0.2) is 66.5 Å². The number of ether oxygens (including phenoxy) is 1. The van der Waals surface area contributed by atoms with Gasteiger partial charge in [-0.15, -0.1) is 0 Å². The number of hydrogen-bond acceptors (Lipinski definition) is 9. The van der Waals surface area contributed by atoms with Crippen molar-refractivity contribution in [3.05, 3.63) is 35.8 Å². The highest BCUT2D eigenvalue weighted by atomic mass is 32.2. The van der Waals surface area contributed by atoms with Gasteiger partial charge in [0.25, 0.3) is 0 Å². The molecule has 180 valence electrons. The van der Waals surface area contributed by atoms with Crippen molar-refractivity contribution in [2.24, 2.45) is 0 Å². The summed E-state index contributed by atoms with van der Waals surface area (Å²) < 4.78 is 34.9. The first kappa shape index (κ1) is 22.6. The van der Waals surface area contributed by atoms with Gasteiger partial charge in [0.1, 0.15) is 17.5 Å². The number of sulfone groups is 1. The predicted molar refractivity (Wildman–Crippen MR) is 125 cm³/mol. The monoisotopic (exact) mass is 485 g/mol. The molecule has 34 heavy (non-hydrogen) atoms. The number of carbonyl (C=O) groups is 1. The highest BCUT2D eigenvalue weighted by molar-refractivity contribution is 7.90. The van der Waals surface area contributed by atoms with Crippen LogP contribution in [0.2, 0.25) is 0 Å². The largest absolute Gasteiger partial charge is 0.447 e. The minimum atomic E-state index is -3.27. The first-order valence-corrected chi connectivity index (χ1v) is 13.3. The van der Waals surface area contributed by atoms with Gasteiger partial charge in [-0.25, -0.2) is 23.2 Å². The fourth-order valence-electron chi connectivity index (χ4n) is 4.67. The Kier molecular flexibility index (Phi) is 5.67. The quantitative estimate of drug-likeness (QED) is 0.547. The zero-order valence-corrected chi connectivity index (χ0v) is 20.2. The number of piperidine rings is 1. The molecule has 1 amide bonds. The minimum absolute atomic E-state index is 0.121. The number of rotatable bonds is 4. The molecule has 2 aliphatic heterocycles. The second-order valence-corrected chi connectivity index (χ2v) is 11.1. The normalized spacial score (nSPS) is 16.9. The zero-order chi connectivity index (χ0) is 24.0. The van der Waals surface area contributed by atoms with E-state index in [0.717, 1.165) is 29.8 Å². The Hall–Kier alpha value is -3.21. The highest BCUT2D eigenvalue weighted by Crippen LogP contribution is 2.40. The number of carbonyl (C=O) groups excluding carboxylic acids is 1. The molecule has 0 saturated carbocycles. The van der Waals surface area contributed by atoms with E-state index in [9.17, 15) is 13.2 Å². The maximum Gasteiger partial charge on any atom is 0.410 e. The van der Waals surface area contributed by atoms with Gasteiger partial charge in [-0.2, -0.15) is 0 Å². The van der Waals surface area contributed by atoms with Gasteiger partial charge < -0.3 is 19.1 Å². The van der Waals surface area contributed by atoms with E-state index in [-0.39, 0.29) is 18.1 Å². The standard InChI is InChI=1S/C23H27N5O5S/c1-14(2)32-23(29)27-9-6-15(7-10-27)19-20-21(33-26-19)22(25-13-24-20)28-11-8-16-12-17(34(3,30)31)4-5-18(16)28/h4-5,12-15H,6-11H2,1-3H3. The second kappa shape index (κ2) is 8.53. The lowest BCUT2D eigenvalue weighted by Gasteiger charge is -2.30. The molecule has 0 bridgehead atoms. The van der Waals surface area contributed by atoms with E-state index in [0.29, 0.717) is 47.9 Å². The average molecular weight is 486 g/mol. The Morgan fingerprint density at radius 2 is 1.94 bits per heavy atom. The molecule has 2 aliphatic rings. The molecule has 10 nitrogen and oxygen atoms in total. The molecule has 0 radical (unpaired) electrons. The van der Waals surface area contributed by atoms with Crippen molar-refractivity contribution in [1.29, 1.82) is 0 Å². The van der Waals surface area contributed by atoms with Crippen LogP contribution >= 0.6 is 0 Å². The van der Waals surface area contributed by atoms with Crippen LogP contribution < -0.4 is 4.90 Å². The minimum Gasteiger partial charge on any atom is -0.447 e. The van der Waals surface area contributed by atoms with Gasteiger partial charge in [-0.3, -0.25) is 0 Å². The van der Waals surface area contributed by atoms with Crippen LogP contribution in [0.3, 0.4) is 0 Å². The van der Waals surface area contributed by atoms with Gasteiger partial charge in [0.15, 0.2) is 15.7 Å². The summed E-state index contributed by atoms with van der Waals surface area (Å²) in [6.45, 7) is 5.51. The molecule has 11 heteroatoms. The Morgan fingerprint density at radius 3 is 2.65 bits per heavy atom. The van der Waals surface area contributed by atoms with Gasteiger partial charge in [-0.05, 0) is 56.9 Å². The van der Waals surface area contributed by atoms with Gasteiger partial charge in [0.2, 0.25) is 5.58 Å². The molecule has 1 fully saturated rings. The molecular formula is C23H27N5O5S. The first-order valence-electron chi connectivity index (χ1n) is 11.4. The molecule has 2 aromatic heterocycles. The van der Waals surface area contributed by atoms with E-state index in [4.69, 9.17) is 9.26 Å². The maximum absolute atomic E-state index is 12.2. The molecular weight excluding hydrogens is 458 g/mol. The highest BCUT2D eigenvalue weighted by Gasteiger charge is 2.31. The summed E-state index contributed by atoms with van der Waals surface area (Å²) >= 11 is 0. The number of fused-ring (bicyclic) bond motifs is 2. The van der Waals surface area contributed by atoms with Crippen molar-refractivity contribution in [2.45, 2.75) is 50.0 Å². The Labute approximate surface area is 197 Å². The summed E-state index contributed by atoms with van der Waals surface area (Å²) in [6, 6.07) is 5.16. The summed E-state index contributed by atoms with van der Waals surface area (Å²) in [7, 11) is -3.27. The van der Waals surface area contributed by atoms with E-state index in [2.05, 4.69) is 15.1 Å². The number of aromatic nitrogens is 3. The second-order valence-electron chi connectivity index (χ2n) is 9.10. The topological polar surface area (TPSA) is 119 Å². The molecule has 1 saturated heterocycles. The Balaban J connectivity index is 1.39. The van der Waals surface area contributed by atoms with E-state index in [1.807, 2.05) is 24.8 Å². The van der Waals surface area contributed by atoms with Crippen LogP contribution in [0.5, 0.6) is 0 Å². The lowest BCUT2D eigenvalue weighted by Crippen LogP contribution is -2.39. The predicted octanol–water partition coefficient (Wildman–Crippen LogP) is 3.44. The summed E-state index contributed by atoms with van der Waals surface area (Å²) in [5, 5.41) is 4.35. The third-order valence-electron chi connectivity index (χ3n) is 6.37. The average Bonchev–Trinajstić information content (AvgIpc) is 3.42. The SMILES string of the molecule is CC(C)OC(=O)N1CCC(c2noc3c(N4CCc5cc(S(C)(=O)=O)ccc54)ncnc23)CC1. The fraction of sp³-hybridized carbons (Fsp3) is 0.478. The number of amides is 1. The molecule has 0 aliphatic carbocycles.